The summed E-state index contributed by atoms with van der Waals surface area (Å²) >= 11 is 0. The highest BCUT2D eigenvalue weighted by Gasteiger charge is 2.49. The van der Waals surface area contributed by atoms with Crippen molar-refractivity contribution >= 4 is 11.9 Å². The minimum absolute atomic E-state index is 0.0184. The van der Waals surface area contributed by atoms with Crippen LogP contribution in [0.4, 0.5) is 0 Å². The normalized spacial score (nSPS) is 23.1. The summed E-state index contributed by atoms with van der Waals surface area (Å²) in [6.45, 7) is 7.15. The van der Waals surface area contributed by atoms with Crippen LogP contribution in [-0.4, -0.2) is 52.5 Å². The Labute approximate surface area is 149 Å². The van der Waals surface area contributed by atoms with Gasteiger partial charge < -0.3 is 10.0 Å². The molecule has 2 saturated heterocycles. The van der Waals surface area contributed by atoms with Crippen LogP contribution in [0.1, 0.15) is 44.2 Å². The lowest BCUT2D eigenvalue weighted by atomic mass is 9.76. The van der Waals surface area contributed by atoms with Gasteiger partial charge in [-0.3, -0.25) is 9.69 Å². The zero-order chi connectivity index (χ0) is 18.0. The molecule has 2 fully saturated rings. The number of carboxylic acid groups (broad SMARTS) is 1. The molecule has 5 heteroatoms. The molecule has 2 aliphatic heterocycles. The number of aliphatic carboxylic acids is 1. The largest absolute Gasteiger partial charge is 0.480 e. The third-order valence-corrected chi connectivity index (χ3v) is 6.01. The van der Waals surface area contributed by atoms with Crippen LogP contribution in [-0.2, 0) is 22.6 Å². The number of carboxylic acids is 1. The summed E-state index contributed by atoms with van der Waals surface area (Å²) in [5, 5.41) is 9.45. The Bertz CT molecular complexity index is 626. The molecule has 1 atom stereocenters. The number of hydrogen-bond acceptors (Lipinski definition) is 3. The topological polar surface area (TPSA) is 60.9 Å². The van der Waals surface area contributed by atoms with Crippen LogP contribution in [0.5, 0.6) is 0 Å². The number of likely N-dealkylation sites (tertiary alicyclic amines) is 2. The van der Waals surface area contributed by atoms with Crippen molar-refractivity contribution in [1.29, 1.82) is 0 Å². The number of nitrogens with zero attached hydrogens (tertiary/aromatic N) is 2. The molecule has 5 nitrogen and oxygen atoms in total. The van der Waals surface area contributed by atoms with Crippen LogP contribution in [0.25, 0.3) is 0 Å². The molecule has 0 aromatic heterocycles. The maximum absolute atomic E-state index is 11.8. The molecule has 0 saturated carbocycles. The first kappa shape index (κ1) is 17.9. The van der Waals surface area contributed by atoms with Crippen LogP contribution >= 0.6 is 0 Å². The van der Waals surface area contributed by atoms with E-state index >= 15 is 0 Å². The Kier molecular flexibility index (Phi) is 5.13. The molecule has 1 aromatic rings. The van der Waals surface area contributed by atoms with Gasteiger partial charge in [-0.25, -0.2) is 4.79 Å². The number of benzene rings is 1. The predicted octanol–water partition coefficient (Wildman–Crippen LogP) is 2.54. The molecule has 0 radical (unpaired) electrons. The Morgan fingerprint density at radius 1 is 1.20 bits per heavy atom. The highest BCUT2D eigenvalue weighted by atomic mass is 16.4. The van der Waals surface area contributed by atoms with Gasteiger partial charge >= 0.3 is 5.97 Å². The number of carbonyl (C=O) groups excluding carboxylic acids is 1. The molecular formula is C20H28N2O3. The lowest BCUT2D eigenvalue weighted by Crippen LogP contribution is -2.42. The van der Waals surface area contributed by atoms with Crippen molar-refractivity contribution in [3.05, 3.63) is 35.4 Å². The van der Waals surface area contributed by atoms with Gasteiger partial charge in [-0.15, -0.1) is 0 Å². The van der Waals surface area contributed by atoms with E-state index in [1.165, 1.54) is 18.1 Å². The number of hydrogen-bond donors (Lipinski definition) is 1. The average molecular weight is 344 g/mol. The van der Waals surface area contributed by atoms with Gasteiger partial charge in [-0.2, -0.15) is 0 Å². The summed E-state index contributed by atoms with van der Waals surface area (Å²) in [5.41, 5.74) is 2.77. The Hall–Kier alpha value is -1.88. The van der Waals surface area contributed by atoms with E-state index in [9.17, 15) is 14.7 Å². The highest BCUT2D eigenvalue weighted by molar-refractivity contribution is 5.83. The highest BCUT2D eigenvalue weighted by Crippen LogP contribution is 2.43. The predicted molar refractivity (Wildman–Crippen MR) is 96.2 cm³/mol. The van der Waals surface area contributed by atoms with E-state index in [4.69, 9.17) is 0 Å². The van der Waals surface area contributed by atoms with Crippen molar-refractivity contribution in [3.8, 4) is 0 Å². The van der Waals surface area contributed by atoms with E-state index in [0.29, 0.717) is 13.0 Å². The SMILES string of the molecule is CCc1ccccc1CN1CCC2(CC1)CC(C(=O)O)N(C(C)=O)C2. The Balaban J connectivity index is 1.64. The van der Waals surface area contributed by atoms with E-state index in [-0.39, 0.29) is 11.3 Å². The zero-order valence-electron chi connectivity index (χ0n) is 15.2. The van der Waals surface area contributed by atoms with Crippen LogP contribution in [0.15, 0.2) is 24.3 Å². The molecule has 1 spiro atoms. The fraction of sp³-hybridized carbons (Fsp3) is 0.600. The second-order valence-electron chi connectivity index (χ2n) is 7.60. The Morgan fingerprint density at radius 2 is 1.84 bits per heavy atom. The van der Waals surface area contributed by atoms with E-state index < -0.39 is 12.0 Å². The minimum Gasteiger partial charge on any atom is -0.480 e. The molecule has 0 bridgehead atoms. The van der Waals surface area contributed by atoms with E-state index in [2.05, 4.69) is 36.1 Å². The third kappa shape index (κ3) is 3.71. The number of amides is 1. The maximum Gasteiger partial charge on any atom is 0.326 e. The van der Waals surface area contributed by atoms with Crippen LogP contribution in [0.2, 0.25) is 0 Å². The molecule has 25 heavy (non-hydrogen) atoms. The van der Waals surface area contributed by atoms with Gasteiger partial charge in [0, 0.05) is 20.0 Å². The maximum atomic E-state index is 11.8. The first-order chi connectivity index (χ1) is 11.9. The fourth-order valence-electron chi connectivity index (χ4n) is 4.45. The molecule has 0 aliphatic carbocycles. The van der Waals surface area contributed by atoms with Gasteiger partial charge in [-0.05, 0) is 55.3 Å². The quantitative estimate of drug-likeness (QED) is 0.912. The van der Waals surface area contributed by atoms with Crippen molar-refractivity contribution in [2.45, 2.75) is 52.1 Å². The van der Waals surface area contributed by atoms with Gasteiger partial charge in [-0.1, -0.05) is 31.2 Å². The minimum atomic E-state index is -0.869. The zero-order valence-corrected chi connectivity index (χ0v) is 15.2. The summed E-state index contributed by atoms with van der Waals surface area (Å²) in [6.07, 6.45) is 3.58. The molecule has 1 aromatic carbocycles. The average Bonchev–Trinajstić information content (AvgIpc) is 2.98. The van der Waals surface area contributed by atoms with Gasteiger partial charge in [0.15, 0.2) is 0 Å². The molecule has 1 N–H and O–H groups in total. The van der Waals surface area contributed by atoms with Gasteiger partial charge in [0.25, 0.3) is 0 Å². The molecule has 3 rings (SSSR count). The molecule has 2 heterocycles. The smallest absolute Gasteiger partial charge is 0.326 e. The number of piperidine rings is 1. The molecule has 2 aliphatic rings. The monoisotopic (exact) mass is 344 g/mol. The summed E-state index contributed by atoms with van der Waals surface area (Å²) in [5.74, 6) is -0.991. The second-order valence-corrected chi connectivity index (χ2v) is 7.60. The van der Waals surface area contributed by atoms with Crippen molar-refractivity contribution in [2.75, 3.05) is 19.6 Å². The van der Waals surface area contributed by atoms with Crippen LogP contribution < -0.4 is 0 Å². The summed E-state index contributed by atoms with van der Waals surface area (Å²) in [6, 6.07) is 7.94. The standard InChI is InChI=1S/C20H28N2O3/c1-3-16-6-4-5-7-17(16)13-21-10-8-20(9-11-21)12-18(19(24)25)22(14-20)15(2)23/h4-7,18H,3,8-14H2,1-2H3,(H,24,25). The first-order valence-corrected chi connectivity index (χ1v) is 9.23. The second kappa shape index (κ2) is 7.16. The van der Waals surface area contributed by atoms with Gasteiger partial charge in [0.2, 0.25) is 5.91 Å². The molecule has 1 unspecified atom stereocenters. The molecular weight excluding hydrogens is 316 g/mol. The summed E-state index contributed by atoms with van der Waals surface area (Å²) < 4.78 is 0. The lowest BCUT2D eigenvalue weighted by Gasteiger charge is -2.39. The van der Waals surface area contributed by atoms with Crippen LogP contribution in [0.3, 0.4) is 0 Å². The number of rotatable bonds is 4. The Morgan fingerprint density at radius 3 is 2.36 bits per heavy atom. The van der Waals surface area contributed by atoms with E-state index in [0.717, 1.165) is 38.9 Å². The lowest BCUT2D eigenvalue weighted by molar-refractivity contribution is -0.147. The molecule has 1 amide bonds. The molecule has 136 valence electrons. The van der Waals surface area contributed by atoms with E-state index in [1.807, 2.05) is 0 Å². The van der Waals surface area contributed by atoms with E-state index in [1.54, 1.807) is 4.90 Å². The van der Waals surface area contributed by atoms with Gasteiger partial charge in [0.1, 0.15) is 6.04 Å². The summed E-state index contributed by atoms with van der Waals surface area (Å²) in [4.78, 5) is 27.4. The van der Waals surface area contributed by atoms with Crippen molar-refractivity contribution in [3.63, 3.8) is 0 Å². The fourth-order valence-corrected chi connectivity index (χ4v) is 4.45. The number of carbonyl (C=O) groups is 2. The first-order valence-electron chi connectivity index (χ1n) is 9.23. The van der Waals surface area contributed by atoms with Crippen LogP contribution in [0, 0.1) is 5.41 Å². The van der Waals surface area contributed by atoms with Crippen molar-refractivity contribution in [2.24, 2.45) is 5.41 Å². The van der Waals surface area contributed by atoms with Crippen molar-refractivity contribution < 1.29 is 14.7 Å². The third-order valence-electron chi connectivity index (χ3n) is 6.01. The van der Waals surface area contributed by atoms with Crippen molar-refractivity contribution in [1.82, 2.24) is 9.80 Å². The van der Waals surface area contributed by atoms with Gasteiger partial charge in [0.05, 0.1) is 0 Å². The summed E-state index contributed by atoms with van der Waals surface area (Å²) in [7, 11) is 0. The number of aryl methyl sites for hydroxylation is 1.